The summed E-state index contributed by atoms with van der Waals surface area (Å²) in [5, 5.41) is 11.2. The smallest absolute Gasteiger partial charge is 0.405 e. The van der Waals surface area contributed by atoms with Crippen molar-refractivity contribution >= 4 is 28.7 Å². The Morgan fingerprint density at radius 2 is 2.29 bits per heavy atom. The fourth-order valence-corrected chi connectivity index (χ4v) is 1.75. The van der Waals surface area contributed by atoms with Gasteiger partial charge in [-0.05, 0) is 47.6 Å². The van der Waals surface area contributed by atoms with E-state index in [2.05, 4.69) is 32.9 Å². The normalized spacial score (nSPS) is 17.5. The van der Waals surface area contributed by atoms with Crippen LogP contribution in [-0.4, -0.2) is 16.2 Å². The van der Waals surface area contributed by atoms with Crippen LogP contribution in [0.2, 0.25) is 0 Å². The highest BCUT2D eigenvalue weighted by atomic mass is 127. The summed E-state index contributed by atoms with van der Waals surface area (Å²) in [4.78, 5) is 14.8. The first-order valence-corrected chi connectivity index (χ1v) is 5.33. The number of carboxylic acid groups (broad SMARTS) is 1. The van der Waals surface area contributed by atoms with Gasteiger partial charge >= 0.3 is 6.09 Å². The molecule has 1 aliphatic carbocycles. The molecule has 1 aliphatic rings. The Labute approximate surface area is 94.9 Å². The molecule has 5 heteroatoms. The minimum atomic E-state index is -0.983. The zero-order chi connectivity index (χ0) is 10.2. The molecular formula is C9H9IN2O2. The Kier molecular flexibility index (Phi) is 2.34. The number of hydrogen-bond acceptors (Lipinski definition) is 2. The Balaban J connectivity index is 2.22. The summed E-state index contributed by atoms with van der Waals surface area (Å²) in [6.45, 7) is 0. The van der Waals surface area contributed by atoms with Gasteiger partial charge in [0.05, 0.1) is 11.2 Å². The lowest BCUT2D eigenvalue weighted by Crippen LogP contribution is -2.34. The molecule has 1 aromatic rings. The van der Waals surface area contributed by atoms with Crippen LogP contribution < -0.4 is 5.32 Å². The minimum Gasteiger partial charge on any atom is -0.465 e. The summed E-state index contributed by atoms with van der Waals surface area (Å²) < 4.78 is 1.05. The van der Waals surface area contributed by atoms with Gasteiger partial charge in [-0.3, -0.25) is 4.98 Å². The second-order valence-corrected chi connectivity index (χ2v) is 4.62. The average molecular weight is 304 g/mol. The molecule has 1 amide bonds. The summed E-state index contributed by atoms with van der Waals surface area (Å²) >= 11 is 2.17. The van der Waals surface area contributed by atoms with Gasteiger partial charge in [0.15, 0.2) is 0 Å². The third-order valence-electron chi connectivity index (χ3n) is 2.31. The number of nitrogens with one attached hydrogen (secondary N) is 1. The van der Waals surface area contributed by atoms with Crippen molar-refractivity contribution in [1.29, 1.82) is 0 Å². The molecule has 0 radical (unpaired) electrons. The predicted molar refractivity (Wildman–Crippen MR) is 59.0 cm³/mol. The number of rotatable bonds is 2. The first-order chi connectivity index (χ1) is 6.62. The van der Waals surface area contributed by atoms with Gasteiger partial charge in [-0.2, -0.15) is 0 Å². The predicted octanol–water partition coefficient (Wildman–Crippen LogP) is 1.94. The molecule has 0 aliphatic heterocycles. The average Bonchev–Trinajstić information content (AvgIpc) is 2.85. The maximum absolute atomic E-state index is 10.6. The highest BCUT2D eigenvalue weighted by Crippen LogP contribution is 2.44. The van der Waals surface area contributed by atoms with Crippen LogP contribution in [0.4, 0.5) is 4.79 Å². The summed E-state index contributed by atoms with van der Waals surface area (Å²) in [5.41, 5.74) is 0.413. The van der Waals surface area contributed by atoms with E-state index >= 15 is 0 Å². The van der Waals surface area contributed by atoms with Crippen molar-refractivity contribution < 1.29 is 9.90 Å². The van der Waals surface area contributed by atoms with E-state index in [0.717, 1.165) is 22.1 Å². The topological polar surface area (TPSA) is 62.2 Å². The van der Waals surface area contributed by atoms with E-state index in [4.69, 9.17) is 5.11 Å². The van der Waals surface area contributed by atoms with E-state index in [1.54, 1.807) is 6.20 Å². The zero-order valence-electron chi connectivity index (χ0n) is 7.33. The SMILES string of the molecule is O=C(O)NC1(c2ccc(I)cn2)CC1. The van der Waals surface area contributed by atoms with Gasteiger partial charge in [0.2, 0.25) is 0 Å². The molecule has 4 nitrogen and oxygen atoms in total. The van der Waals surface area contributed by atoms with Crippen LogP contribution in [0.25, 0.3) is 0 Å². The lowest BCUT2D eigenvalue weighted by atomic mass is 10.1. The van der Waals surface area contributed by atoms with Crippen LogP contribution >= 0.6 is 22.6 Å². The Bertz CT molecular complexity index is 360. The van der Waals surface area contributed by atoms with E-state index in [-0.39, 0.29) is 0 Å². The van der Waals surface area contributed by atoms with Crippen molar-refractivity contribution in [2.75, 3.05) is 0 Å². The van der Waals surface area contributed by atoms with E-state index in [9.17, 15) is 4.79 Å². The Morgan fingerprint density at radius 1 is 1.57 bits per heavy atom. The van der Waals surface area contributed by atoms with E-state index in [0.29, 0.717) is 0 Å². The maximum Gasteiger partial charge on any atom is 0.405 e. The van der Waals surface area contributed by atoms with Gasteiger partial charge < -0.3 is 10.4 Å². The molecule has 1 heterocycles. The van der Waals surface area contributed by atoms with Crippen LogP contribution in [-0.2, 0) is 5.54 Å². The molecule has 1 saturated carbocycles. The first-order valence-electron chi connectivity index (χ1n) is 4.25. The van der Waals surface area contributed by atoms with Crippen LogP contribution in [0, 0.1) is 3.57 Å². The molecule has 2 rings (SSSR count). The molecule has 14 heavy (non-hydrogen) atoms. The lowest BCUT2D eigenvalue weighted by Gasteiger charge is -2.13. The van der Waals surface area contributed by atoms with Crippen molar-refractivity contribution in [2.45, 2.75) is 18.4 Å². The number of carbonyl (C=O) groups is 1. The molecule has 74 valence electrons. The third kappa shape index (κ3) is 1.82. The summed E-state index contributed by atoms with van der Waals surface area (Å²) in [5.74, 6) is 0. The van der Waals surface area contributed by atoms with Gasteiger partial charge in [-0.1, -0.05) is 0 Å². The number of halogens is 1. The van der Waals surface area contributed by atoms with Crippen molar-refractivity contribution in [3.8, 4) is 0 Å². The molecule has 1 aromatic heterocycles. The van der Waals surface area contributed by atoms with Crippen LogP contribution in [0.5, 0.6) is 0 Å². The highest BCUT2D eigenvalue weighted by Gasteiger charge is 2.47. The molecule has 0 bridgehead atoms. The van der Waals surface area contributed by atoms with Crippen LogP contribution in [0.3, 0.4) is 0 Å². The fourth-order valence-electron chi connectivity index (χ4n) is 1.43. The number of aromatic nitrogens is 1. The lowest BCUT2D eigenvalue weighted by molar-refractivity contribution is 0.188. The summed E-state index contributed by atoms with van der Waals surface area (Å²) in [7, 11) is 0. The zero-order valence-corrected chi connectivity index (χ0v) is 9.48. The number of nitrogens with zero attached hydrogens (tertiary/aromatic N) is 1. The van der Waals surface area contributed by atoms with Crippen molar-refractivity contribution in [3.63, 3.8) is 0 Å². The Morgan fingerprint density at radius 3 is 2.71 bits per heavy atom. The monoisotopic (exact) mass is 304 g/mol. The molecular weight excluding hydrogens is 295 g/mol. The number of hydrogen-bond donors (Lipinski definition) is 2. The molecule has 0 spiro atoms. The van der Waals surface area contributed by atoms with E-state index in [1.807, 2.05) is 12.1 Å². The van der Waals surface area contributed by atoms with Gasteiger partial charge in [-0.25, -0.2) is 4.79 Å². The minimum absolute atomic E-state index is 0.407. The van der Waals surface area contributed by atoms with Crippen LogP contribution in [0.1, 0.15) is 18.5 Å². The molecule has 0 saturated heterocycles. The second kappa shape index (κ2) is 3.38. The molecule has 0 unspecified atom stereocenters. The van der Waals surface area contributed by atoms with Gasteiger partial charge in [0.25, 0.3) is 0 Å². The van der Waals surface area contributed by atoms with Crippen molar-refractivity contribution in [1.82, 2.24) is 10.3 Å². The van der Waals surface area contributed by atoms with Gasteiger partial charge in [0.1, 0.15) is 0 Å². The quantitative estimate of drug-likeness (QED) is 0.821. The largest absolute Gasteiger partial charge is 0.465 e. The summed E-state index contributed by atoms with van der Waals surface area (Å²) in [6, 6.07) is 3.82. The van der Waals surface area contributed by atoms with Crippen molar-refractivity contribution in [2.24, 2.45) is 0 Å². The number of amides is 1. The summed E-state index contributed by atoms with van der Waals surface area (Å²) in [6.07, 6.45) is 2.45. The maximum atomic E-state index is 10.6. The number of pyridine rings is 1. The molecule has 0 aromatic carbocycles. The fraction of sp³-hybridized carbons (Fsp3) is 0.333. The Hall–Kier alpha value is -0.850. The molecule has 2 N–H and O–H groups in total. The molecule has 1 fully saturated rings. The van der Waals surface area contributed by atoms with E-state index < -0.39 is 11.6 Å². The van der Waals surface area contributed by atoms with Gasteiger partial charge in [0, 0.05) is 9.77 Å². The first kappa shape index (κ1) is 9.70. The second-order valence-electron chi connectivity index (χ2n) is 3.37. The third-order valence-corrected chi connectivity index (χ3v) is 2.95. The highest BCUT2D eigenvalue weighted by molar-refractivity contribution is 14.1. The van der Waals surface area contributed by atoms with Gasteiger partial charge in [-0.15, -0.1) is 0 Å². The van der Waals surface area contributed by atoms with Crippen LogP contribution in [0.15, 0.2) is 18.3 Å². The van der Waals surface area contributed by atoms with E-state index in [1.165, 1.54) is 0 Å². The molecule has 0 atom stereocenters. The van der Waals surface area contributed by atoms with Crippen molar-refractivity contribution in [3.05, 3.63) is 27.6 Å². The standard InChI is InChI=1S/C9H9IN2O2/c10-6-1-2-7(11-5-6)9(3-4-9)12-8(13)14/h1-2,5,12H,3-4H2,(H,13,14).